The molecule has 0 aliphatic carbocycles. The molecule has 0 aliphatic rings. The van der Waals surface area contributed by atoms with E-state index in [1.54, 1.807) is 6.92 Å². The molecule has 0 saturated carbocycles. The third-order valence-electron chi connectivity index (χ3n) is 2.95. The summed E-state index contributed by atoms with van der Waals surface area (Å²) in [6.07, 6.45) is 2.24. The average Bonchev–Trinajstić information content (AvgIpc) is 2.48. The molecule has 8 heteroatoms. The Morgan fingerprint density at radius 1 is 1.36 bits per heavy atom. The molecule has 0 fully saturated rings. The molecule has 1 heterocycles. The number of Topliss-reactive ketones (excluding diaryl/α,β-unsaturated/α-hetero) is 1. The number of methoxy groups -OCH3 is 1. The van der Waals surface area contributed by atoms with Gasteiger partial charge >= 0.3 is 11.7 Å². The van der Waals surface area contributed by atoms with Gasteiger partial charge in [-0.05, 0) is 18.9 Å². The van der Waals surface area contributed by atoms with Crippen LogP contribution in [-0.2, 0) is 27.2 Å². The van der Waals surface area contributed by atoms with Gasteiger partial charge in [0.25, 0.3) is 5.88 Å². The van der Waals surface area contributed by atoms with Gasteiger partial charge in [0.1, 0.15) is 0 Å². The molecule has 0 aliphatic heterocycles. The van der Waals surface area contributed by atoms with Crippen LogP contribution < -0.4 is 4.74 Å². The molecule has 22 heavy (non-hydrogen) atoms. The molecular formula is C14H18N2O6. The van der Waals surface area contributed by atoms with Gasteiger partial charge in [-0.3, -0.25) is 14.9 Å². The average molecular weight is 310 g/mol. The minimum atomic E-state index is -1.00. The number of pyridine rings is 1. The van der Waals surface area contributed by atoms with Crippen LogP contribution in [-0.4, -0.2) is 35.4 Å². The number of rotatable bonds is 8. The molecule has 0 unspecified atom stereocenters. The zero-order chi connectivity index (χ0) is 16.7. The van der Waals surface area contributed by atoms with Crippen LogP contribution in [0.2, 0.25) is 0 Å². The predicted octanol–water partition coefficient (Wildman–Crippen LogP) is 1.63. The van der Waals surface area contributed by atoms with E-state index in [0.29, 0.717) is 18.4 Å². The third-order valence-corrected chi connectivity index (χ3v) is 2.95. The van der Waals surface area contributed by atoms with Crippen LogP contribution in [0.4, 0.5) is 5.69 Å². The molecule has 0 bridgehead atoms. The van der Waals surface area contributed by atoms with Crippen molar-refractivity contribution in [3.8, 4) is 5.88 Å². The van der Waals surface area contributed by atoms with Crippen molar-refractivity contribution in [3.63, 3.8) is 0 Å². The highest BCUT2D eigenvalue weighted by Crippen LogP contribution is 2.32. The summed E-state index contributed by atoms with van der Waals surface area (Å²) in [5.74, 6) is -2.03. The van der Waals surface area contributed by atoms with Gasteiger partial charge in [0, 0.05) is 11.8 Å². The second kappa shape index (κ2) is 8.06. The minimum absolute atomic E-state index is 0.0636. The van der Waals surface area contributed by atoms with Crippen molar-refractivity contribution in [2.45, 2.75) is 33.1 Å². The first kappa shape index (κ1) is 17.5. The standard InChI is InChI=1S/C14H18N2O6/c1-4-6-9-8-15-13(21-3)12(16(19)20)10(9)7-11(17)14(18)22-5-2/h8H,4-7H2,1-3H3. The second-order valence-electron chi connectivity index (χ2n) is 4.45. The summed E-state index contributed by atoms with van der Waals surface area (Å²) in [6.45, 7) is 3.53. The predicted molar refractivity (Wildman–Crippen MR) is 76.8 cm³/mol. The van der Waals surface area contributed by atoms with Crippen LogP contribution in [0.5, 0.6) is 5.88 Å². The summed E-state index contributed by atoms with van der Waals surface area (Å²) in [4.78, 5) is 37.9. The largest absolute Gasteiger partial charge is 0.476 e. The Labute approximate surface area is 127 Å². The van der Waals surface area contributed by atoms with Crippen molar-refractivity contribution >= 4 is 17.4 Å². The summed E-state index contributed by atoms with van der Waals surface area (Å²) in [7, 11) is 1.26. The number of ketones is 1. The van der Waals surface area contributed by atoms with Crippen molar-refractivity contribution in [2.24, 2.45) is 0 Å². The Balaban J connectivity index is 3.31. The summed E-state index contributed by atoms with van der Waals surface area (Å²) >= 11 is 0. The highest BCUT2D eigenvalue weighted by molar-refractivity contribution is 6.34. The van der Waals surface area contributed by atoms with E-state index in [1.165, 1.54) is 13.3 Å². The normalized spacial score (nSPS) is 10.1. The summed E-state index contributed by atoms with van der Waals surface area (Å²) in [6, 6.07) is 0. The van der Waals surface area contributed by atoms with Gasteiger partial charge in [0.2, 0.25) is 5.78 Å². The first-order valence-electron chi connectivity index (χ1n) is 6.85. The van der Waals surface area contributed by atoms with Crippen molar-refractivity contribution in [2.75, 3.05) is 13.7 Å². The molecule has 0 spiro atoms. The first-order chi connectivity index (χ1) is 10.5. The zero-order valence-corrected chi connectivity index (χ0v) is 12.7. The highest BCUT2D eigenvalue weighted by Gasteiger charge is 2.29. The van der Waals surface area contributed by atoms with Crippen LogP contribution in [0.25, 0.3) is 0 Å². The number of carbonyl (C=O) groups is 2. The Morgan fingerprint density at radius 2 is 2.05 bits per heavy atom. The number of hydrogen-bond acceptors (Lipinski definition) is 7. The van der Waals surface area contributed by atoms with Gasteiger partial charge in [-0.1, -0.05) is 13.3 Å². The van der Waals surface area contributed by atoms with Gasteiger partial charge in [-0.15, -0.1) is 0 Å². The maximum Gasteiger partial charge on any atom is 0.374 e. The third kappa shape index (κ3) is 4.00. The van der Waals surface area contributed by atoms with E-state index in [4.69, 9.17) is 4.74 Å². The number of esters is 1. The highest BCUT2D eigenvalue weighted by atomic mass is 16.6. The minimum Gasteiger partial charge on any atom is -0.476 e. The van der Waals surface area contributed by atoms with Gasteiger partial charge in [0.05, 0.1) is 25.1 Å². The maximum atomic E-state index is 11.9. The van der Waals surface area contributed by atoms with E-state index >= 15 is 0 Å². The molecule has 0 saturated heterocycles. The van der Waals surface area contributed by atoms with Gasteiger partial charge < -0.3 is 9.47 Å². The topological polar surface area (TPSA) is 109 Å². The van der Waals surface area contributed by atoms with Gasteiger partial charge in [0.15, 0.2) is 0 Å². The Morgan fingerprint density at radius 3 is 2.55 bits per heavy atom. The maximum absolute atomic E-state index is 11.9. The van der Waals surface area contributed by atoms with E-state index in [-0.39, 0.29) is 23.7 Å². The molecule has 1 rings (SSSR count). The van der Waals surface area contributed by atoms with E-state index in [9.17, 15) is 19.7 Å². The quantitative estimate of drug-likeness (QED) is 0.310. The molecule has 0 amide bonds. The smallest absolute Gasteiger partial charge is 0.374 e. The number of aryl methyl sites for hydroxylation is 1. The Hall–Kier alpha value is -2.51. The molecule has 0 atom stereocenters. The second-order valence-corrected chi connectivity index (χ2v) is 4.45. The van der Waals surface area contributed by atoms with E-state index in [0.717, 1.165) is 0 Å². The zero-order valence-electron chi connectivity index (χ0n) is 12.7. The summed E-state index contributed by atoms with van der Waals surface area (Å²) < 4.78 is 9.52. The number of nitro groups is 1. The molecule has 1 aromatic heterocycles. The van der Waals surface area contributed by atoms with Crippen LogP contribution >= 0.6 is 0 Å². The molecule has 120 valence electrons. The SMILES string of the molecule is CCCc1cnc(OC)c([N+](=O)[O-])c1CC(=O)C(=O)OCC. The van der Waals surface area contributed by atoms with Gasteiger partial charge in [-0.25, -0.2) is 9.78 Å². The Kier molecular flexibility index (Phi) is 6.43. The lowest BCUT2D eigenvalue weighted by Crippen LogP contribution is -2.21. The lowest BCUT2D eigenvalue weighted by Gasteiger charge is -2.10. The van der Waals surface area contributed by atoms with Gasteiger partial charge in [-0.2, -0.15) is 0 Å². The number of hydrogen-bond donors (Lipinski definition) is 0. The van der Waals surface area contributed by atoms with Crippen LogP contribution in [0, 0.1) is 10.1 Å². The fourth-order valence-electron chi connectivity index (χ4n) is 2.02. The van der Waals surface area contributed by atoms with Crippen molar-refractivity contribution in [1.29, 1.82) is 0 Å². The number of aromatic nitrogens is 1. The fraction of sp³-hybridized carbons (Fsp3) is 0.500. The monoisotopic (exact) mass is 310 g/mol. The van der Waals surface area contributed by atoms with Crippen molar-refractivity contribution in [1.82, 2.24) is 4.98 Å². The van der Waals surface area contributed by atoms with E-state index in [2.05, 4.69) is 9.72 Å². The van der Waals surface area contributed by atoms with Crippen LogP contribution in [0.15, 0.2) is 6.20 Å². The number of nitrogens with zero attached hydrogens (tertiary/aromatic N) is 2. The van der Waals surface area contributed by atoms with E-state index in [1.807, 2.05) is 6.92 Å². The number of carbonyl (C=O) groups excluding carboxylic acids is 2. The van der Waals surface area contributed by atoms with Crippen molar-refractivity contribution < 1.29 is 24.0 Å². The number of ether oxygens (including phenoxy) is 2. The lowest BCUT2D eigenvalue weighted by atomic mass is 9.99. The molecule has 1 aromatic rings. The molecule has 8 nitrogen and oxygen atoms in total. The molecule has 0 radical (unpaired) electrons. The van der Waals surface area contributed by atoms with Crippen LogP contribution in [0.3, 0.4) is 0 Å². The molecule has 0 N–H and O–H groups in total. The Bertz CT molecular complexity index is 585. The van der Waals surface area contributed by atoms with E-state index < -0.39 is 23.1 Å². The fourth-order valence-corrected chi connectivity index (χ4v) is 2.02. The van der Waals surface area contributed by atoms with Crippen molar-refractivity contribution in [3.05, 3.63) is 27.4 Å². The molecule has 0 aromatic carbocycles. The first-order valence-corrected chi connectivity index (χ1v) is 6.85. The summed E-state index contributed by atoms with van der Waals surface area (Å²) in [5.41, 5.74) is 0.315. The molecular weight excluding hydrogens is 292 g/mol. The van der Waals surface area contributed by atoms with Crippen LogP contribution in [0.1, 0.15) is 31.4 Å². The summed E-state index contributed by atoms with van der Waals surface area (Å²) in [5, 5.41) is 11.3. The lowest BCUT2D eigenvalue weighted by molar-refractivity contribution is -0.386.